The van der Waals surface area contributed by atoms with Crippen LogP contribution in [-0.2, 0) is 16.1 Å². The molecule has 0 spiro atoms. The molecular formula is C23H17ClN2O5S. The number of benzene rings is 2. The number of imide groups is 1. The highest BCUT2D eigenvalue weighted by Crippen LogP contribution is 2.37. The predicted molar refractivity (Wildman–Crippen MR) is 121 cm³/mol. The van der Waals surface area contributed by atoms with Crippen molar-refractivity contribution in [1.82, 2.24) is 4.90 Å². The number of amides is 2. The number of anilines is 1. The van der Waals surface area contributed by atoms with Gasteiger partial charge in [0.2, 0.25) is 6.79 Å². The summed E-state index contributed by atoms with van der Waals surface area (Å²) in [5.74, 6) is 0.978. The molecule has 0 bridgehead atoms. The summed E-state index contributed by atoms with van der Waals surface area (Å²) < 4.78 is 15.9. The Morgan fingerprint density at radius 3 is 2.69 bits per heavy atom. The highest BCUT2D eigenvalue weighted by molar-refractivity contribution is 7.11. The van der Waals surface area contributed by atoms with E-state index < -0.39 is 5.91 Å². The van der Waals surface area contributed by atoms with E-state index in [4.69, 9.17) is 25.8 Å². The summed E-state index contributed by atoms with van der Waals surface area (Å²) in [5.41, 5.74) is 1.87. The van der Waals surface area contributed by atoms with Crippen LogP contribution >= 0.6 is 22.9 Å². The van der Waals surface area contributed by atoms with Crippen molar-refractivity contribution in [3.63, 3.8) is 0 Å². The van der Waals surface area contributed by atoms with Crippen LogP contribution < -0.4 is 19.5 Å². The molecule has 0 aliphatic carbocycles. The summed E-state index contributed by atoms with van der Waals surface area (Å²) in [7, 11) is 1.53. The number of nitrogens with zero attached hydrogens (tertiary/aromatic N) is 1. The fourth-order valence-electron chi connectivity index (χ4n) is 3.60. The first-order chi connectivity index (χ1) is 15.5. The fraction of sp³-hybridized carbons (Fsp3) is 0.130. The fourth-order valence-corrected chi connectivity index (χ4v) is 4.62. The highest BCUT2D eigenvalue weighted by atomic mass is 35.5. The van der Waals surface area contributed by atoms with Gasteiger partial charge in [-0.2, -0.15) is 0 Å². The van der Waals surface area contributed by atoms with Gasteiger partial charge < -0.3 is 19.5 Å². The Hall–Kier alpha value is -3.49. The Morgan fingerprint density at radius 1 is 1.09 bits per heavy atom. The molecule has 3 heterocycles. The Kier molecular flexibility index (Phi) is 5.24. The minimum Gasteiger partial charge on any atom is -0.495 e. The summed E-state index contributed by atoms with van der Waals surface area (Å²) >= 11 is 7.63. The smallest absolute Gasteiger partial charge is 0.278 e. The summed E-state index contributed by atoms with van der Waals surface area (Å²) in [4.78, 5) is 28.6. The summed E-state index contributed by atoms with van der Waals surface area (Å²) in [6, 6.07) is 14.1. The maximum atomic E-state index is 13.3. The third kappa shape index (κ3) is 3.57. The number of carbonyl (C=O) groups is 2. The number of halogens is 1. The number of methoxy groups -OCH3 is 1. The second-order valence-electron chi connectivity index (χ2n) is 7.09. The molecule has 3 aromatic rings. The number of thiophene rings is 1. The average molecular weight is 469 g/mol. The predicted octanol–water partition coefficient (Wildman–Crippen LogP) is 4.53. The van der Waals surface area contributed by atoms with Gasteiger partial charge in [0.15, 0.2) is 11.5 Å². The van der Waals surface area contributed by atoms with Crippen LogP contribution in [0.25, 0.3) is 5.57 Å². The van der Waals surface area contributed by atoms with Crippen molar-refractivity contribution < 1.29 is 23.8 Å². The molecule has 1 N–H and O–H groups in total. The van der Waals surface area contributed by atoms with Gasteiger partial charge >= 0.3 is 0 Å². The topological polar surface area (TPSA) is 77.1 Å². The SMILES string of the molecule is COc1ccc(NC2=C(c3cccs3)C(=O)N(Cc3ccc4c(c3)OCO4)C2=O)cc1Cl. The average Bonchev–Trinajstić information content (AvgIpc) is 3.52. The number of ether oxygens (including phenoxy) is 3. The molecule has 5 rings (SSSR count). The molecule has 0 radical (unpaired) electrons. The van der Waals surface area contributed by atoms with Crippen molar-refractivity contribution >= 4 is 46.0 Å². The van der Waals surface area contributed by atoms with Crippen LogP contribution in [0.5, 0.6) is 17.2 Å². The van der Waals surface area contributed by atoms with Gasteiger partial charge in [-0.15, -0.1) is 11.3 Å². The second kappa shape index (κ2) is 8.22. The minimum atomic E-state index is -0.414. The third-order valence-corrected chi connectivity index (χ3v) is 6.32. The van der Waals surface area contributed by atoms with E-state index in [0.717, 1.165) is 5.56 Å². The van der Waals surface area contributed by atoms with E-state index in [9.17, 15) is 9.59 Å². The highest BCUT2D eigenvalue weighted by Gasteiger charge is 2.39. The van der Waals surface area contributed by atoms with E-state index in [0.29, 0.717) is 38.4 Å². The lowest BCUT2D eigenvalue weighted by Gasteiger charge is -2.16. The molecule has 7 nitrogen and oxygen atoms in total. The molecule has 2 amide bonds. The molecular weight excluding hydrogens is 452 g/mol. The van der Waals surface area contributed by atoms with Crippen LogP contribution in [0.4, 0.5) is 5.69 Å². The molecule has 32 heavy (non-hydrogen) atoms. The van der Waals surface area contributed by atoms with E-state index in [2.05, 4.69) is 5.32 Å². The monoisotopic (exact) mass is 468 g/mol. The molecule has 2 aliphatic rings. The van der Waals surface area contributed by atoms with Crippen molar-refractivity contribution in [2.45, 2.75) is 6.54 Å². The van der Waals surface area contributed by atoms with Crippen LogP contribution in [-0.4, -0.2) is 30.6 Å². The number of hydrogen-bond acceptors (Lipinski definition) is 7. The Bertz CT molecular complexity index is 1260. The zero-order valence-corrected chi connectivity index (χ0v) is 18.5. The van der Waals surface area contributed by atoms with Gasteiger partial charge in [0, 0.05) is 10.6 Å². The van der Waals surface area contributed by atoms with E-state index in [1.807, 2.05) is 23.6 Å². The second-order valence-corrected chi connectivity index (χ2v) is 8.44. The van der Waals surface area contributed by atoms with Crippen LogP contribution in [0.1, 0.15) is 10.4 Å². The quantitative estimate of drug-likeness (QED) is 0.535. The van der Waals surface area contributed by atoms with Crippen LogP contribution in [0, 0.1) is 0 Å². The molecule has 1 aromatic heterocycles. The van der Waals surface area contributed by atoms with Crippen LogP contribution in [0.2, 0.25) is 5.02 Å². The lowest BCUT2D eigenvalue weighted by molar-refractivity contribution is -0.137. The van der Waals surface area contributed by atoms with E-state index in [1.165, 1.54) is 23.3 Å². The lowest BCUT2D eigenvalue weighted by atomic mass is 10.1. The molecule has 0 atom stereocenters. The lowest BCUT2D eigenvalue weighted by Crippen LogP contribution is -2.31. The standard InChI is InChI=1S/C23H17ClN2O5S/c1-29-16-7-5-14(10-15(16)24)25-21-20(19-3-2-8-32-19)22(27)26(23(21)28)11-13-4-6-17-18(9-13)31-12-30-17/h2-10,25H,11-12H2,1H3. The molecule has 9 heteroatoms. The van der Waals surface area contributed by atoms with Gasteiger partial charge in [-0.25, -0.2) is 0 Å². The van der Waals surface area contributed by atoms with E-state index in [1.54, 1.807) is 30.3 Å². The first-order valence-electron chi connectivity index (χ1n) is 9.68. The van der Waals surface area contributed by atoms with Gasteiger partial charge in [0.25, 0.3) is 11.8 Å². The summed E-state index contributed by atoms with van der Waals surface area (Å²) in [6.45, 7) is 0.265. The van der Waals surface area contributed by atoms with Crippen molar-refractivity contribution in [3.05, 3.63) is 75.1 Å². The largest absolute Gasteiger partial charge is 0.495 e. The van der Waals surface area contributed by atoms with Crippen LogP contribution in [0.3, 0.4) is 0 Å². The number of hydrogen-bond donors (Lipinski definition) is 1. The van der Waals surface area contributed by atoms with Crippen molar-refractivity contribution in [2.24, 2.45) is 0 Å². The summed E-state index contributed by atoms with van der Waals surface area (Å²) in [6.07, 6.45) is 0. The first-order valence-corrected chi connectivity index (χ1v) is 10.9. The zero-order valence-electron chi connectivity index (χ0n) is 16.9. The Morgan fingerprint density at radius 2 is 1.94 bits per heavy atom. The molecule has 0 saturated heterocycles. The maximum Gasteiger partial charge on any atom is 0.278 e. The molecule has 2 aromatic carbocycles. The number of nitrogens with one attached hydrogen (secondary N) is 1. The van der Waals surface area contributed by atoms with Crippen LogP contribution in [0.15, 0.2) is 59.6 Å². The zero-order chi connectivity index (χ0) is 22.2. The number of rotatable bonds is 6. The Balaban J connectivity index is 1.47. The number of carbonyl (C=O) groups excluding carboxylic acids is 2. The van der Waals surface area contributed by atoms with Gasteiger partial charge in [0.05, 0.1) is 24.3 Å². The molecule has 0 unspecified atom stereocenters. The normalized spacial score (nSPS) is 15.0. The molecule has 162 valence electrons. The van der Waals surface area contributed by atoms with Gasteiger partial charge in [-0.1, -0.05) is 23.7 Å². The van der Waals surface area contributed by atoms with Gasteiger partial charge in [-0.3, -0.25) is 14.5 Å². The number of fused-ring (bicyclic) bond motifs is 1. The summed E-state index contributed by atoms with van der Waals surface area (Å²) in [5, 5.41) is 5.36. The third-order valence-electron chi connectivity index (χ3n) is 5.13. The van der Waals surface area contributed by atoms with Crippen molar-refractivity contribution in [2.75, 3.05) is 19.2 Å². The Labute approximate surface area is 192 Å². The minimum absolute atomic E-state index is 0.109. The maximum absolute atomic E-state index is 13.3. The van der Waals surface area contributed by atoms with Crippen molar-refractivity contribution in [3.8, 4) is 17.2 Å². The van der Waals surface area contributed by atoms with E-state index >= 15 is 0 Å². The van der Waals surface area contributed by atoms with E-state index in [-0.39, 0.29) is 24.9 Å². The molecule has 0 saturated carbocycles. The molecule has 2 aliphatic heterocycles. The molecule has 0 fully saturated rings. The van der Waals surface area contributed by atoms with Crippen molar-refractivity contribution in [1.29, 1.82) is 0 Å². The van der Waals surface area contributed by atoms with Gasteiger partial charge in [-0.05, 0) is 47.3 Å². The first kappa shape index (κ1) is 20.4. The van der Waals surface area contributed by atoms with Gasteiger partial charge in [0.1, 0.15) is 11.4 Å².